The third kappa shape index (κ3) is 1.82. The Hall–Kier alpha value is -1.06. The van der Waals surface area contributed by atoms with Gasteiger partial charge in [0.1, 0.15) is 0 Å². The number of hydrogen-bond donors (Lipinski definition) is 1. The van der Waals surface area contributed by atoms with Gasteiger partial charge in [0, 0.05) is 12.3 Å². The van der Waals surface area contributed by atoms with Gasteiger partial charge in [-0.3, -0.25) is 4.79 Å². The van der Waals surface area contributed by atoms with Crippen molar-refractivity contribution in [3.8, 4) is 0 Å². The number of ether oxygens (including phenoxy) is 1. The van der Waals surface area contributed by atoms with Gasteiger partial charge in [-0.15, -0.1) is 0 Å². The second-order valence-electron chi connectivity index (χ2n) is 6.61. The Morgan fingerprint density at radius 3 is 1.89 bits per heavy atom. The maximum atomic E-state index is 11.5. The van der Waals surface area contributed by atoms with Crippen LogP contribution < -0.4 is 0 Å². The van der Waals surface area contributed by atoms with E-state index in [0.29, 0.717) is 17.8 Å². The monoisotopic (exact) mass is 252 g/mol. The summed E-state index contributed by atoms with van der Waals surface area (Å²) in [6.45, 7) is 1.30. The Bertz CT molecular complexity index is 352. The molecule has 4 aliphatic carbocycles. The van der Waals surface area contributed by atoms with E-state index < -0.39 is 18.0 Å². The largest absolute Gasteiger partial charge is 0.478 e. The first-order valence-corrected chi connectivity index (χ1v) is 6.88. The van der Waals surface area contributed by atoms with Crippen LogP contribution in [-0.2, 0) is 14.3 Å². The summed E-state index contributed by atoms with van der Waals surface area (Å²) in [6.07, 6.45) is 5.64. The Labute approximate surface area is 107 Å². The molecular formula is C14H20O4. The zero-order valence-electron chi connectivity index (χ0n) is 10.7. The SMILES string of the molecule is CC(=O)OC(C(=O)O)C12CC3CC(CC(C3)C1)C2. The molecule has 0 aromatic carbocycles. The average molecular weight is 252 g/mol. The second-order valence-corrected chi connectivity index (χ2v) is 6.61. The van der Waals surface area contributed by atoms with Gasteiger partial charge in [-0.1, -0.05) is 0 Å². The lowest BCUT2D eigenvalue weighted by atomic mass is 9.48. The topological polar surface area (TPSA) is 63.6 Å². The maximum Gasteiger partial charge on any atom is 0.345 e. The highest BCUT2D eigenvalue weighted by atomic mass is 16.6. The summed E-state index contributed by atoms with van der Waals surface area (Å²) in [4.78, 5) is 22.6. The van der Waals surface area contributed by atoms with E-state index in [4.69, 9.17) is 4.74 Å². The van der Waals surface area contributed by atoms with Crippen molar-refractivity contribution < 1.29 is 19.4 Å². The van der Waals surface area contributed by atoms with Gasteiger partial charge >= 0.3 is 11.9 Å². The van der Waals surface area contributed by atoms with Crippen LogP contribution in [0.2, 0.25) is 0 Å². The first kappa shape index (κ1) is 12.0. The highest BCUT2D eigenvalue weighted by Gasteiger charge is 2.57. The molecule has 4 saturated carbocycles. The van der Waals surface area contributed by atoms with Crippen LogP contribution in [0.25, 0.3) is 0 Å². The van der Waals surface area contributed by atoms with Gasteiger partial charge in [-0.05, 0) is 56.3 Å². The summed E-state index contributed by atoms with van der Waals surface area (Å²) in [6, 6.07) is 0. The number of carboxylic acids is 1. The van der Waals surface area contributed by atoms with Crippen molar-refractivity contribution in [1.29, 1.82) is 0 Å². The molecule has 18 heavy (non-hydrogen) atoms. The van der Waals surface area contributed by atoms with Gasteiger partial charge in [0.25, 0.3) is 0 Å². The number of aliphatic carboxylic acids is 1. The Morgan fingerprint density at radius 2 is 1.56 bits per heavy atom. The lowest BCUT2D eigenvalue weighted by Crippen LogP contribution is -2.55. The van der Waals surface area contributed by atoms with Crippen molar-refractivity contribution in [3.63, 3.8) is 0 Å². The third-order valence-corrected chi connectivity index (χ3v) is 5.15. The van der Waals surface area contributed by atoms with Gasteiger partial charge in [-0.2, -0.15) is 0 Å². The Balaban J connectivity index is 1.88. The Kier molecular flexibility index (Phi) is 2.65. The molecule has 4 fully saturated rings. The lowest BCUT2D eigenvalue weighted by Gasteiger charge is -2.57. The zero-order valence-corrected chi connectivity index (χ0v) is 10.7. The van der Waals surface area contributed by atoms with Crippen LogP contribution in [0.15, 0.2) is 0 Å². The molecule has 0 aliphatic heterocycles. The van der Waals surface area contributed by atoms with Crippen LogP contribution in [0.5, 0.6) is 0 Å². The molecule has 0 amide bonds. The molecule has 0 aromatic heterocycles. The van der Waals surface area contributed by atoms with Crippen molar-refractivity contribution in [1.82, 2.24) is 0 Å². The van der Waals surface area contributed by atoms with Crippen molar-refractivity contribution in [2.24, 2.45) is 23.2 Å². The standard InChI is InChI=1S/C14H20O4/c1-8(15)18-12(13(16)17)14-5-9-2-10(6-14)4-11(3-9)7-14/h9-12H,2-7H2,1H3,(H,16,17). The smallest absolute Gasteiger partial charge is 0.345 e. The van der Waals surface area contributed by atoms with E-state index in [2.05, 4.69) is 0 Å². The highest BCUT2D eigenvalue weighted by molar-refractivity contribution is 5.78. The minimum atomic E-state index is -0.966. The van der Waals surface area contributed by atoms with Gasteiger partial charge in [0.2, 0.25) is 6.10 Å². The van der Waals surface area contributed by atoms with E-state index in [1.807, 2.05) is 0 Å². The molecule has 0 spiro atoms. The van der Waals surface area contributed by atoms with E-state index in [1.54, 1.807) is 0 Å². The van der Waals surface area contributed by atoms with Gasteiger partial charge in [0.05, 0.1) is 0 Å². The predicted octanol–water partition coefficient (Wildman–Crippen LogP) is 2.22. The minimum Gasteiger partial charge on any atom is -0.478 e. The maximum absolute atomic E-state index is 11.5. The van der Waals surface area contributed by atoms with E-state index in [-0.39, 0.29) is 5.41 Å². The van der Waals surface area contributed by atoms with Crippen molar-refractivity contribution >= 4 is 11.9 Å². The summed E-state index contributed by atoms with van der Waals surface area (Å²) in [7, 11) is 0. The fourth-order valence-corrected chi connectivity index (χ4v) is 5.10. The van der Waals surface area contributed by atoms with Gasteiger partial charge in [-0.25, -0.2) is 4.79 Å². The van der Waals surface area contributed by atoms with Crippen molar-refractivity contribution in [2.75, 3.05) is 0 Å². The summed E-state index contributed by atoms with van der Waals surface area (Å²) in [5, 5.41) is 9.40. The summed E-state index contributed by atoms with van der Waals surface area (Å²) < 4.78 is 5.16. The minimum absolute atomic E-state index is 0.272. The van der Waals surface area contributed by atoms with E-state index >= 15 is 0 Å². The number of esters is 1. The average Bonchev–Trinajstić information content (AvgIpc) is 2.23. The molecule has 1 atom stereocenters. The normalized spacial score (nSPS) is 42.6. The predicted molar refractivity (Wildman–Crippen MR) is 63.8 cm³/mol. The molecule has 0 heterocycles. The molecule has 4 rings (SSSR count). The Morgan fingerprint density at radius 1 is 1.11 bits per heavy atom. The van der Waals surface area contributed by atoms with Crippen LogP contribution in [0.3, 0.4) is 0 Å². The second kappa shape index (κ2) is 3.97. The molecule has 1 N–H and O–H groups in total. The summed E-state index contributed by atoms with van der Waals surface area (Å²) >= 11 is 0. The number of carboxylic acid groups (broad SMARTS) is 1. The van der Waals surface area contributed by atoms with Gasteiger partial charge < -0.3 is 9.84 Å². The fourth-order valence-electron chi connectivity index (χ4n) is 5.10. The molecule has 0 aromatic rings. The fraction of sp³-hybridized carbons (Fsp3) is 0.857. The molecule has 4 aliphatic rings. The van der Waals surface area contributed by atoms with Crippen LogP contribution in [0, 0.1) is 23.2 Å². The molecular weight excluding hydrogens is 232 g/mol. The highest BCUT2D eigenvalue weighted by Crippen LogP contribution is 2.61. The quantitative estimate of drug-likeness (QED) is 0.782. The zero-order chi connectivity index (χ0) is 12.9. The van der Waals surface area contributed by atoms with E-state index in [0.717, 1.165) is 19.3 Å². The number of rotatable bonds is 3. The number of carbonyl (C=O) groups excluding carboxylic acids is 1. The first-order valence-electron chi connectivity index (χ1n) is 6.88. The van der Waals surface area contributed by atoms with E-state index in [9.17, 15) is 14.7 Å². The summed E-state index contributed by atoms with van der Waals surface area (Å²) in [5.41, 5.74) is -0.272. The summed E-state index contributed by atoms with van der Waals surface area (Å²) in [5.74, 6) is 0.543. The molecule has 4 nitrogen and oxygen atoms in total. The third-order valence-electron chi connectivity index (χ3n) is 5.15. The molecule has 0 radical (unpaired) electrons. The van der Waals surface area contributed by atoms with Crippen LogP contribution >= 0.6 is 0 Å². The van der Waals surface area contributed by atoms with Gasteiger partial charge in [0.15, 0.2) is 0 Å². The number of carbonyl (C=O) groups is 2. The molecule has 0 saturated heterocycles. The number of hydrogen-bond acceptors (Lipinski definition) is 3. The molecule has 1 unspecified atom stereocenters. The van der Waals surface area contributed by atoms with Crippen LogP contribution in [0.4, 0.5) is 0 Å². The molecule has 100 valence electrons. The van der Waals surface area contributed by atoms with Crippen molar-refractivity contribution in [3.05, 3.63) is 0 Å². The van der Waals surface area contributed by atoms with Crippen LogP contribution in [-0.4, -0.2) is 23.1 Å². The molecule has 4 heteroatoms. The van der Waals surface area contributed by atoms with Crippen molar-refractivity contribution in [2.45, 2.75) is 51.6 Å². The lowest BCUT2D eigenvalue weighted by molar-refractivity contribution is -0.188. The molecule has 4 bridgehead atoms. The van der Waals surface area contributed by atoms with E-state index in [1.165, 1.54) is 26.2 Å². The first-order chi connectivity index (χ1) is 8.48. The van der Waals surface area contributed by atoms with Crippen LogP contribution in [0.1, 0.15) is 45.4 Å².